The van der Waals surface area contributed by atoms with Crippen LogP contribution in [0.1, 0.15) is 5.56 Å². The van der Waals surface area contributed by atoms with E-state index in [1.807, 2.05) is 47.8 Å². The second kappa shape index (κ2) is 8.96. The number of rotatable bonds is 4. The zero-order valence-corrected chi connectivity index (χ0v) is 20.4. The van der Waals surface area contributed by atoms with Crippen molar-refractivity contribution in [2.24, 2.45) is 4.99 Å². The summed E-state index contributed by atoms with van der Waals surface area (Å²) in [5.41, 5.74) is 4.22. The number of hydrogen-bond donors (Lipinski definition) is 1. The monoisotopic (exact) mass is 525 g/mol. The highest BCUT2D eigenvalue weighted by atomic mass is 35.5. The van der Waals surface area contributed by atoms with E-state index in [-0.39, 0.29) is 19.3 Å². The van der Waals surface area contributed by atoms with Crippen molar-refractivity contribution >= 4 is 51.8 Å². The molecular weight excluding hydrogens is 509 g/mol. The summed E-state index contributed by atoms with van der Waals surface area (Å²) in [5.74, 6) is 1.92. The van der Waals surface area contributed by atoms with Crippen molar-refractivity contribution in [3.05, 3.63) is 80.4 Å². The second-order valence-electron chi connectivity index (χ2n) is 7.94. The Kier molecular flexibility index (Phi) is 5.64. The third-order valence-corrected chi connectivity index (χ3v) is 7.21. The van der Waals surface area contributed by atoms with Crippen LogP contribution in [0, 0.1) is 0 Å². The molecule has 0 spiro atoms. The van der Waals surface area contributed by atoms with E-state index in [1.54, 1.807) is 12.1 Å². The van der Waals surface area contributed by atoms with Crippen LogP contribution < -0.4 is 24.3 Å². The third-order valence-electron chi connectivity index (χ3n) is 5.61. The van der Waals surface area contributed by atoms with Crippen LogP contribution in [0.2, 0.25) is 10.0 Å². The van der Waals surface area contributed by atoms with Crippen LogP contribution >= 0.6 is 34.5 Å². The van der Waals surface area contributed by atoms with E-state index >= 15 is 0 Å². The van der Waals surface area contributed by atoms with Gasteiger partial charge in [-0.1, -0.05) is 29.3 Å². The van der Waals surface area contributed by atoms with Crippen molar-refractivity contribution in [3.63, 3.8) is 0 Å². The number of anilines is 1. The van der Waals surface area contributed by atoms with Crippen LogP contribution in [0.4, 0.5) is 11.4 Å². The first kappa shape index (κ1) is 22.0. The second-order valence-corrected chi connectivity index (χ2v) is 9.59. The Morgan fingerprint density at radius 2 is 1.80 bits per heavy atom. The van der Waals surface area contributed by atoms with Crippen LogP contribution in [-0.2, 0) is 11.3 Å². The van der Waals surface area contributed by atoms with Crippen LogP contribution in [0.15, 0.2) is 65.0 Å². The molecule has 0 bridgehead atoms. The molecule has 0 unspecified atom stereocenters. The van der Waals surface area contributed by atoms with E-state index in [2.05, 4.69) is 9.88 Å². The Balaban J connectivity index is 1.46. The highest BCUT2D eigenvalue weighted by molar-refractivity contribution is 7.07. The quantitative estimate of drug-likeness (QED) is 0.362. The molecular formula is C25H17Cl2N3O4S. The molecule has 0 saturated carbocycles. The fourth-order valence-electron chi connectivity index (χ4n) is 3.93. The lowest BCUT2D eigenvalue weighted by Gasteiger charge is -2.19. The molecule has 0 fully saturated rings. The molecule has 6 rings (SSSR count). The Hall–Kier alpha value is -3.46. The van der Waals surface area contributed by atoms with Gasteiger partial charge in [-0.2, -0.15) is 0 Å². The lowest BCUT2D eigenvalue weighted by atomic mass is 10.1. The maximum atomic E-state index is 11.8. The van der Waals surface area contributed by atoms with Gasteiger partial charge in [-0.15, -0.1) is 11.3 Å². The van der Waals surface area contributed by atoms with Gasteiger partial charge in [0.2, 0.25) is 6.79 Å². The van der Waals surface area contributed by atoms with E-state index in [1.165, 1.54) is 11.3 Å². The van der Waals surface area contributed by atoms with Crippen LogP contribution in [0.25, 0.3) is 11.3 Å². The van der Waals surface area contributed by atoms with Crippen molar-refractivity contribution in [3.8, 4) is 28.5 Å². The first-order chi connectivity index (χ1) is 17.0. The summed E-state index contributed by atoms with van der Waals surface area (Å²) in [5, 5.41) is 5.83. The fraction of sp³-hybridized carbons (Fsp3) is 0.120. The summed E-state index contributed by atoms with van der Waals surface area (Å²) in [6.45, 7) is 0.771. The molecule has 0 atom stereocenters. The lowest BCUT2D eigenvalue weighted by molar-refractivity contribution is -0.118. The highest BCUT2D eigenvalue weighted by Gasteiger charge is 2.19. The van der Waals surface area contributed by atoms with Gasteiger partial charge in [0.15, 0.2) is 22.9 Å². The molecule has 4 aromatic rings. The van der Waals surface area contributed by atoms with Gasteiger partial charge in [0.05, 0.1) is 33.7 Å². The van der Waals surface area contributed by atoms with E-state index < -0.39 is 0 Å². The molecule has 1 N–H and O–H groups in total. The van der Waals surface area contributed by atoms with E-state index in [0.717, 1.165) is 33.1 Å². The smallest absolute Gasteiger partial charge is 0.262 e. The number of nitrogens with zero attached hydrogens (tertiary/aromatic N) is 2. The molecule has 2 aliphatic rings. The van der Waals surface area contributed by atoms with Gasteiger partial charge in [0, 0.05) is 10.9 Å². The normalized spacial score (nSPS) is 14.5. The molecule has 2 aliphatic heterocycles. The fourth-order valence-corrected chi connectivity index (χ4v) is 5.15. The van der Waals surface area contributed by atoms with Gasteiger partial charge in [0.25, 0.3) is 5.91 Å². The summed E-state index contributed by atoms with van der Waals surface area (Å²) in [6.07, 6.45) is 0. The molecule has 35 heavy (non-hydrogen) atoms. The minimum Gasteiger partial charge on any atom is -0.482 e. The summed E-state index contributed by atoms with van der Waals surface area (Å²) >= 11 is 13.8. The Morgan fingerprint density at radius 3 is 2.69 bits per heavy atom. The predicted octanol–water partition coefficient (Wildman–Crippen LogP) is 5.86. The van der Waals surface area contributed by atoms with E-state index in [0.29, 0.717) is 33.7 Å². The molecule has 1 aromatic heterocycles. The third kappa shape index (κ3) is 4.36. The number of carbonyl (C=O) groups is 1. The number of halogens is 2. The molecule has 0 radical (unpaired) electrons. The Bertz CT molecular complexity index is 1550. The molecule has 176 valence electrons. The Morgan fingerprint density at radius 1 is 0.943 bits per heavy atom. The maximum Gasteiger partial charge on any atom is 0.262 e. The summed E-state index contributed by atoms with van der Waals surface area (Å²) in [6, 6.07) is 16.9. The number of benzene rings is 3. The van der Waals surface area contributed by atoms with Crippen LogP contribution in [0.3, 0.4) is 0 Å². The zero-order chi connectivity index (χ0) is 23.9. The van der Waals surface area contributed by atoms with Crippen molar-refractivity contribution in [1.82, 2.24) is 4.57 Å². The van der Waals surface area contributed by atoms with Crippen molar-refractivity contribution in [2.75, 3.05) is 18.7 Å². The number of carbonyl (C=O) groups excluding carboxylic acids is 1. The van der Waals surface area contributed by atoms with Gasteiger partial charge in [-0.3, -0.25) is 4.79 Å². The molecule has 7 nitrogen and oxygen atoms in total. The van der Waals surface area contributed by atoms with Gasteiger partial charge >= 0.3 is 0 Å². The number of aromatic nitrogens is 1. The summed E-state index contributed by atoms with van der Waals surface area (Å²) in [4.78, 5) is 17.5. The first-order valence-corrected chi connectivity index (χ1v) is 12.3. The minimum atomic E-state index is -0.177. The number of fused-ring (bicyclic) bond motifs is 2. The SMILES string of the molecule is O=C1COc2ccc(-c3csc(=Nc4ccc(Cl)c(Cl)c4)n3Cc3ccc4c(c3)OCO4)cc2N1. The average molecular weight is 526 g/mol. The van der Waals surface area contributed by atoms with Crippen molar-refractivity contribution in [2.45, 2.75) is 6.54 Å². The molecule has 0 aliphatic carbocycles. The molecule has 3 aromatic carbocycles. The number of thiazole rings is 1. The van der Waals surface area contributed by atoms with Gasteiger partial charge in [0.1, 0.15) is 5.75 Å². The summed E-state index contributed by atoms with van der Waals surface area (Å²) < 4.78 is 18.6. The highest BCUT2D eigenvalue weighted by Crippen LogP contribution is 2.35. The predicted molar refractivity (Wildman–Crippen MR) is 135 cm³/mol. The standard InChI is InChI=1S/C25H17Cl2N3O4S/c26-17-4-3-16(9-18(17)27)28-25-30(10-14-1-5-22-23(7-14)34-13-33-22)20(12-35-25)15-2-6-21-19(8-15)29-24(31)11-32-21/h1-9,12H,10-11,13H2,(H,29,31). The van der Waals surface area contributed by atoms with Gasteiger partial charge in [-0.25, -0.2) is 4.99 Å². The van der Waals surface area contributed by atoms with Crippen LogP contribution in [-0.4, -0.2) is 23.9 Å². The van der Waals surface area contributed by atoms with Crippen molar-refractivity contribution in [1.29, 1.82) is 0 Å². The molecule has 3 heterocycles. The van der Waals surface area contributed by atoms with Crippen LogP contribution in [0.5, 0.6) is 17.2 Å². The summed E-state index contributed by atoms with van der Waals surface area (Å²) in [7, 11) is 0. The van der Waals surface area contributed by atoms with E-state index in [4.69, 9.17) is 42.4 Å². The molecule has 1 amide bonds. The largest absolute Gasteiger partial charge is 0.482 e. The average Bonchev–Trinajstić information content (AvgIpc) is 3.48. The lowest BCUT2D eigenvalue weighted by Crippen LogP contribution is -2.25. The maximum absolute atomic E-state index is 11.8. The molecule has 0 saturated heterocycles. The number of hydrogen-bond acceptors (Lipinski definition) is 6. The zero-order valence-electron chi connectivity index (χ0n) is 18.1. The first-order valence-electron chi connectivity index (χ1n) is 10.7. The van der Waals surface area contributed by atoms with Crippen molar-refractivity contribution < 1.29 is 19.0 Å². The van der Waals surface area contributed by atoms with E-state index in [9.17, 15) is 4.79 Å². The topological polar surface area (TPSA) is 74.1 Å². The minimum absolute atomic E-state index is 0.0155. The van der Waals surface area contributed by atoms with Gasteiger partial charge in [-0.05, 0) is 54.1 Å². The molecule has 10 heteroatoms. The number of ether oxygens (including phenoxy) is 3. The number of amides is 1. The Labute approximate surface area is 214 Å². The van der Waals surface area contributed by atoms with Gasteiger partial charge < -0.3 is 24.1 Å². The number of nitrogens with one attached hydrogen (secondary N) is 1.